The van der Waals surface area contributed by atoms with E-state index in [0.29, 0.717) is 18.0 Å². The van der Waals surface area contributed by atoms with Crippen LogP contribution in [-0.2, 0) is 6.54 Å². The summed E-state index contributed by atoms with van der Waals surface area (Å²) in [6.45, 7) is 2.08. The van der Waals surface area contributed by atoms with Gasteiger partial charge < -0.3 is 14.7 Å². The molecule has 0 saturated carbocycles. The zero-order chi connectivity index (χ0) is 16.9. The van der Waals surface area contributed by atoms with E-state index in [1.54, 1.807) is 13.3 Å². The van der Waals surface area contributed by atoms with E-state index < -0.39 is 0 Å². The quantitative estimate of drug-likeness (QED) is 0.910. The molecule has 0 unspecified atom stereocenters. The molecular formula is C18H23N3O3. The molecule has 2 aromatic rings. The van der Waals surface area contributed by atoms with Gasteiger partial charge in [0.1, 0.15) is 5.75 Å². The number of likely N-dealkylation sites (tertiary alicyclic amines) is 1. The van der Waals surface area contributed by atoms with Gasteiger partial charge in [0, 0.05) is 36.5 Å². The molecule has 1 amide bonds. The van der Waals surface area contributed by atoms with E-state index in [2.05, 4.69) is 5.10 Å². The fraction of sp³-hybridized carbons (Fsp3) is 0.444. The molecule has 1 fully saturated rings. The number of rotatable bonds is 5. The van der Waals surface area contributed by atoms with E-state index in [0.717, 1.165) is 37.4 Å². The molecule has 24 heavy (non-hydrogen) atoms. The smallest absolute Gasteiger partial charge is 0.253 e. The van der Waals surface area contributed by atoms with Crippen molar-refractivity contribution in [2.75, 3.05) is 26.8 Å². The normalized spacial score (nSPS) is 15.5. The number of piperidine rings is 1. The van der Waals surface area contributed by atoms with Crippen LogP contribution in [0, 0.1) is 0 Å². The first kappa shape index (κ1) is 16.5. The number of carbonyl (C=O) groups is 1. The second-order valence-corrected chi connectivity index (χ2v) is 6.00. The van der Waals surface area contributed by atoms with Crippen LogP contribution in [0.3, 0.4) is 0 Å². The lowest BCUT2D eigenvalue weighted by atomic mass is 9.93. The topological polar surface area (TPSA) is 67.6 Å². The van der Waals surface area contributed by atoms with Crippen molar-refractivity contribution < 1.29 is 14.6 Å². The lowest BCUT2D eigenvalue weighted by Crippen LogP contribution is -2.38. The second-order valence-electron chi connectivity index (χ2n) is 6.00. The Kier molecular flexibility index (Phi) is 5.15. The number of carbonyl (C=O) groups excluding carboxylic acids is 1. The molecule has 1 aromatic carbocycles. The van der Waals surface area contributed by atoms with Gasteiger partial charge in [-0.2, -0.15) is 5.10 Å². The molecule has 0 spiro atoms. The van der Waals surface area contributed by atoms with E-state index >= 15 is 0 Å². The van der Waals surface area contributed by atoms with Crippen molar-refractivity contribution in [2.45, 2.75) is 25.3 Å². The Labute approximate surface area is 141 Å². The van der Waals surface area contributed by atoms with Gasteiger partial charge in [-0.05, 0) is 43.2 Å². The van der Waals surface area contributed by atoms with Crippen molar-refractivity contribution in [2.24, 2.45) is 0 Å². The molecule has 1 aliphatic heterocycles. The molecule has 1 aromatic heterocycles. The highest BCUT2D eigenvalue weighted by Crippen LogP contribution is 2.28. The number of amides is 1. The molecule has 0 atom stereocenters. The summed E-state index contributed by atoms with van der Waals surface area (Å²) in [4.78, 5) is 14.5. The minimum Gasteiger partial charge on any atom is -0.497 e. The minimum atomic E-state index is 0.0694. The summed E-state index contributed by atoms with van der Waals surface area (Å²) in [7, 11) is 1.61. The molecule has 1 N–H and O–H groups in total. The fourth-order valence-corrected chi connectivity index (χ4v) is 3.27. The summed E-state index contributed by atoms with van der Waals surface area (Å²) >= 11 is 0. The molecule has 0 radical (unpaired) electrons. The summed E-state index contributed by atoms with van der Waals surface area (Å²) in [5, 5.41) is 13.4. The van der Waals surface area contributed by atoms with Crippen molar-refractivity contribution in [3.8, 4) is 5.75 Å². The Bertz CT molecular complexity index is 673. The average Bonchev–Trinajstić information content (AvgIpc) is 3.10. The third kappa shape index (κ3) is 3.43. The standard InChI is InChI=1S/C18H23N3O3/c1-24-16-4-2-15(3-5-16)18(23)20-10-7-14(8-11-20)17-6-9-19-21(17)12-13-22/h2-6,9,14,22H,7-8,10-13H2,1H3. The number of aromatic nitrogens is 2. The van der Waals surface area contributed by atoms with E-state index in [9.17, 15) is 4.79 Å². The van der Waals surface area contributed by atoms with Gasteiger partial charge in [0.15, 0.2) is 0 Å². The maximum atomic E-state index is 12.6. The number of hydrogen-bond donors (Lipinski definition) is 1. The number of benzene rings is 1. The van der Waals surface area contributed by atoms with E-state index in [4.69, 9.17) is 9.84 Å². The van der Waals surface area contributed by atoms with Crippen LogP contribution >= 0.6 is 0 Å². The van der Waals surface area contributed by atoms with Crippen LogP contribution in [0.25, 0.3) is 0 Å². The van der Waals surface area contributed by atoms with E-state index in [1.807, 2.05) is 39.9 Å². The van der Waals surface area contributed by atoms with Crippen molar-refractivity contribution in [1.29, 1.82) is 0 Å². The summed E-state index contributed by atoms with van der Waals surface area (Å²) in [6, 6.07) is 9.26. The monoisotopic (exact) mass is 329 g/mol. The molecular weight excluding hydrogens is 306 g/mol. The highest BCUT2D eigenvalue weighted by molar-refractivity contribution is 5.94. The molecule has 2 heterocycles. The predicted octanol–water partition coefficient (Wildman–Crippen LogP) is 1.90. The molecule has 1 aliphatic rings. The van der Waals surface area contributed by atoms with Crippen LogP contribution in [0.1, 0.15) is 34.8 Å². The summed E-state index contributed by atoms with van der Waals surface area (Å²) in [6.07, 6.45) is 3.61. The first-order valence-corrected chi connectivity index (χ1v) is 8.29. The van der Waals surface area contributed by atoms with E-state index in [-0.39, 0.29) is 12.5 Å². The van der Waals surface area contributed by atoms with Crippen LogP contribution in [-0.4, -0.2) is 52.5 Å². The zero-order valence-corrected chi connectivity index (χ0v) is 13.9. The van der Waals surface area contributed by atoms with Crippen molar-refractivity contribution in [1.82, 2.24) is 14.7 Å². The zero-order valence-electron chi connectivity index (χ0n) is 13.9. The van der Waals surface area contributed by atoms with Gasteiger partial charge in [-0.1, -0.05) is 0 Å². The van der Waals surface area contributed by atoms with Crippen LogP contribution in [0.15, 0.2) is 36.5 Å². The summed E-state index contributed by atoms with van der Waals surface area (Å²) in [5.74, 6) is 1.21. The Hall–Kier alpha value is -2.34. The predicted molar refractivity (Wildman–Crippen MR) is 90.2 cm³/mol. The lowest BCUT2D eigenvalue weighted by Gasteiger charge is -2.32. The van der Waals surface area contributed by atoms with Crippen LogP contribution < -0.4 is 4.74 Å². The third-order valence-electron chi connectivity index (χ3n) is 4.60. The highest BCUT2D eigenvalue weighted by Gasteiger charge is 2.26. The molecule has 6 heteroatoms. The molecule has 1 saturated heterocycles. The van der Waals surface area contributed by atoms with Crippen molar-refractivity contribution in [3.05, 3.63) is 47.8 Å². The Balaban J connectivity index is 1.61. The highest BCUT2D eigenvalue weighted by atomic mass is 16.5. The molecule has 128 valence electrons. The number of hydrogen-bond acceptors (Lipinski definition) is 4. The maximum Gasteiger partial charge on any atom is 0.253 e. The van der Waals surface area contributed by atoms with Gasteiger partial charge in [-0.15, -0.1) is 0 Å². The molecule has 0 aliphatic carbocycles. The van der Waals surface area contributed by atoms with Gasteiger partial charge >= 0.3 is 0 Å². The van der Waals surface area contributed by atoms with Crippen LogP contribution in [0.4, 0.5) is 0 Å². The molecule has 6 nitrogen and oxygen atoms in total. The Morgan fingerprint density at radius 2 is 1.96 bits per heavy atom. The summed E-state index contributed by atoms with van der Waals surface area (Å²) < 4.78 is 7.00. The SMILES string of the molecule is COc1ccc(C(=O)N2CCC(c3ccnn3CCO)CC2)cc1. The maximum absolute atomic E-state index is 12.6. The van der Waals surface area contributed by atoms with Crippen LogP contribution in [0.5, 0.6) is 5.75 Å². The summed E-state index contributed by atoms with van der Waals surface area (Å²) in [5.41, 5.74) is 1.85. The second kappa shape index (κ2) is 7.49. The number of ether oxygens (including phenoxy) is 1. The van der Waals surface area contributed by atoms with Crippen molar-refractivity contribution >= 4 is 5.91 Å². The number of aliphatic hydroxyl groups is 1. The minimum absolute atomic E-state index is 0.0694. The Morgan fingerprint density at radius 3 is 2.58 bits per heavy atom. The largest absolute Gasteiger partial charge is 0.497 e. The van der Waals surface area contributed by atoms with Gasteiger partial charge in [0.25, 0.3) is 5.91 Å². The number of nitrogens with zero attached hydrogens (tertiary/aromatic N) is 3. The van der Waals surface area contributed by atoms with Gasteiger partial charge in [-0.3, -0.25) is 9.48 Å². The fourth-order valence-electron chi connectivity index (χ4n) is 3.27. The van der Waals surface area contributed by atoms with Gasteiger partial charge in [0.2, 0.25) is 0 Å². The lowest BCUT2D eigenvalue weighted by molar-refractivity contribution is 0.0711. The first-order chi connectivity index (χ1) is 11.7. The number of aliphatic hydroxyl groups excluding tert-OH is 1. The van der Waals surface area contributed by atoms with Crippen LogP contribution in [0.2, 0.25) is 0 Å². The third-order valence-corrected chi connectivity index (χ3v) is 4.60. The van der Waals surface area contributed by atoms with E-state index in [1.165, 1.54) is 0 Å². The Morgan fingerprint density at radius 1 is 1.25 bits per heavy atom. The molecule has 3 rings (SSSR count). The molecule has 0 bridgehead atoms. The van der Waals surface area contributed by atoms with Crippen molar-refractivity contribution in [3.63, 3.8) is 0 Å². The van der Waals surface area contributed by atoms with Gasteiger partial charge in [0.05, 0.1) is 20.3 Å². The van der Waals surface area contributed by atoms with Gasteiger partial charge in [-0.25, -0.2) is 0 Å². The number of methoxy groups -OCH3 is 1. The first-order valence-electron chi connectivity index (χ1n) is 8.29. The average molecular weight is 329 g/mol.